The van der Waals surface area contributed by atoms with E-state index in [1.807, 2.05) is 146 Å². The molecule has 0 unspecified atom stereocenters. The molecule has 0 saturated heterocycles. The van der Waals surface area contributed by atoms with Gasteiger partial charge in [0.2, 0.25) is 0 Å². The highest BCUT2D eigenvalue weighted by Gasteiger charge is 2.35. The molecule has 0 amide bonds. The van der Waals surface area contributed by atoms with Gasteiger partial charge in [0.15, 0.2) is 0 Å². The highest BCUT2D eigenvalue weighted by molar-refractivity contribution is 6.30. The molecule has 0 fully saturated rings. The van der Waals surface area contributed by atoms with Crippen molar-refractivity contribution >= 4 is 11.6 Å². The highest BCUT2D eigenvalue weighted by Crippen LogP contribution is 2.42. The number of hydrogen-bond donors (Lipinski definition) is 0. The van der Waals surface area contributed by atoms with E-state index in [-0.39, 0.29) is 11.1 Å². The SMILES string of the molecule is O=c1c(C(c2ccc(Cl)cc2)c2c3cccccc-3n(-c3ccccc3)c2=O)c2cccccc-2n1-c1ccccc1. The van der Waals surface area contributed by atoms with Crippen molar-refractivity contribution in [2.75, 3.05) is 0 Å². The van der Waals surface area contributed by atoms with Gasteiger partial charge in [0.1, 0.15) is 0 Å². The zero-order valence-corrected chi connectivity index (χ0v) is 23.3. The smallest absolute Gasteiger partial charge is 0.260 e. The van der Waals surface area contributed by atoms with E-state index in [4.69, 9.17) is 11.6 Å². The molecule has 5 heteroatoms. The van der Waals surface area contributed by atoms with E-state index in [1.165, 1.54) is 0 Å². The second-order valence-electron chi connectivity index (χ2n) is 10.2. The standard InChI is InChI=1S/C37H25ClN2O2/c38-26-23-21-25(22-24-26)33(34-29-17-9-3-11-19-31(29)39(36(34)41)27-13-5-1-6-14-27)35-30-18-10-4-12-20-32(30)40(37(35)42)28-15-7-2-8-16-28/h1-24,33H. The molecule has 0 aromatic heterocycles. The summed E-state index contributed by atoms with van der Waals surface area (Å²) in [5, 5.41) is 0.582. The lowest BCUT2D eigenvalue weighted by atomic mass is 9.83. The minimum atomic E-state index is -0.660. The minimum absolute atomic E-state index is 0.164. The molecule has 3 aromatic carbocycles. The molecule has 0 N–H and O–H groups in total. The maximum atomic E-state index is 14.7. The Balaban J connectivity index is 1.62. The first-order valence-corrected chi connectivity index (χ1v) is 14.1. The number of rotatable bonds is 5. The molecular formula is C37H25ClN2O2. The number of hydrogen-bond acceptors (Lipinski definition) is 2. The van der Waals surface area contributed by atoms with Crippen LogP contribution < -0.4 is 11.1 Å². The van der Waals surface area contributed by atoms with E-state index < -0.39 is 5.92 Å². The fraction of sp³-hybridized carbons (Fsp3) is 0.0270. The Morgan fingerprint density at radius 1 is 0.452 bits per heavy atom. The van der Waals surface area contributed by atoms with Gasteiger partial charge in [-0.15, -0.1) is 0 Å². The Morgan fingerprint density at radius 2 is 0.833 bits per heavy atom. The minimum Gasteiger partial charge on any atom is -0.277 e. The predicted molar refractivity (Wildman–Crippen MR) is 170 cm³/mol. The topological polar surface area (TPSA) is 44.0 Å². The summed E-state index contributed by atoms with van der Waals surface area (Å²) in [6.07, 6.45) is 0. The van der Waals surface area contributed by atoms with Crippen LogP contribution in [0.25, 0.3) is 33.9 Å². The number of nitrogens with zero attached hydrogens (tertiary/aromatic N) is 2. The van der Waals surface area contributed by atoms with Gasteiger partial charge in [-0.25, -0.2) is 0 Å². The number of benzene rings is 3. The second-order valence-corrected chi connectivity index (χ2v) is 10.6. The first-order valence-electron chi connectivity index (χ1n) is 13.8. The van der Waals surface area contributed by atoms with Gasteiger partial charge in [0.05, 0.1) is 11.4 Å². The maximum Gasteiger partial charge on any atom is 0.260 e. The second kappa shape index (κ2) is 10.7. The molecule has 0 radical (unpaired) electrons. The molecule has 0 atom stereocenters. The summed E-state index contributed by atoms with van der Waals surface area (Å²) in [6.45, 7) is 0. The van der Waals surface area contributed by atoms with Crippen LogP contribution in [0.5, 0.6) is 0 Å². The lowest BCUT2D eigenvalue weighted by Crippen LogP contribution is -2.24. The van der Waals surface area contributed by atoms with Gasteiger partial charge in [0, 0.05) is 44.6 Å². The van der Waals surface area contributed by atoms with E-state index in [0.29, 0.717) is 16.1 Å². The van der Waals surface area contributed by atoms with Crippen molar-refractivity contribution in [1.82, 2.24) is 9.13 Å². The molecule has 4 nitrogen and oxygen atoms in total. The van der Waals surface area contributed by atoms with E-state index in [0.717, 1.165) is 39.5 Å². The predicted octanol–water partition coefficient (Wildman–Crippen LogP) is 8.03. The molecule has 2 aliphatic carbocycles. The summed E-state index contributed by atoms with van der Waals surface area (Å²) in [7, 11) is 0. The van der Waals surface area contributed by atoms with Gasteiger partial charge < -0.3 is 0 Å². The van der Waals surface area contributed by atoms with Crippen LogP contribution in [0.3, 0.4) is 0 Å². The third-order valence-corrected chi connectivity index (χ3v) is 8.02. The monoisotopic (exact) mass is 564 g/mol. The van der Waals surface area contributed by atoms with Crippen molar-refractivity contribution in [3.8, 4) is 33.9 Å². The normalized spacial score (nSPS) is 11.4. The fourth-order valence-electron chi connectivity index (χ4n) is 5.97. The first kappa shape index (κ1) is 25.8. The zero-order valence-electron chi connectivity index (χ0n) is 22.5. The van der Waals surface area contributed by atoms with Crippen molar-refractivity contribution in [2.45, 2.75) is 5.92 Å². The van der Waals surface area contributed by atoms with E-state index in [9.17, 15) is 9.59 Å². The van der Waals surface area contributed by atoms with E-state index >= 15 is 0 Å². The molecule has 7 rings (SSSR count). The third-order valence-electron chi connectivity index (χ3n) is 7.77. The Morgan fingerprint density at radius 3 is 1.26 bits per heavy atom. The van der Waals surface area contributed by atoms with Gasteiger partial charge in [0.25, 0.3) is 11.1 Å². The van der Waals surface area contributed by atoms with Gasteiger partial charge in [-0.3, -0.25) is 18.7 Å². The summed E-state index contributed by atoms with van der Waals surface area (Å²) < 4.78 is 3.49. The van der Waals surface area contributed by atoms with Gasteiger partial charge in [-0.05, 0) is 54.1 Å². The molecule has 3 aromatic rings. The van der Waals surface area contributed by atoms with Crippen LogP contribution in [-0.4, -0.2) is 9.13 Å². The van der Waals surface area contributed by atoms with Gasteiger partial charge >= 0.3 is 0 Å². The third kappa shape index (κ3) is 4.25. The summed E-state index contributed by atoms with van der Waals surface area (Å²) in [6, 6.07) is 46.2. The van der Waals surface area contributed by atoms with Crippen LogP contribution in [0.2, 0.25) is 5.02 Å². The zero-order chi connectivity index (χ0) is 28.6. The van der Waals surface area contributed by atoms with Crippen LogP contribution in [0.1, 0.15) is 22.6 Å². The Bertz CT molecular complexity index is 1950. The summed E-state index contributed by atoms with van der Waals surface area (Å²) >= 11 is 6.33. The molecule has 0 saturated carbocycles. The van der Waals surface area contributed by atoms with E-state index in [1.54, 1.807) is 9.13 Å². The number of fused-ring (bicyclic) bond motifs is 2. The van der Waals surface area contributed by atoms with Crippen molar-refractivity contribution in [3.63, 3.8) is 0 Å². The Labute approximate surface area is 248 Å². The number of para-hydroxylation sites is 2. The van der Waals surface area contributed by atoms with Crippen LogP contribution in [-0.2, 0) is 0 Å². The summed E-state index contributed by atoms with van der Waals surface area (Å²) in [4.78, 5) is 29.3. The summed E-state index contributed by atoms with van der Waals surface area (Å²) in [5.74, 6) is -0.660. The average molecular weight is 565 g/mol. The van der Waals surface area contributed by atoms with Crippen LogP contribution in [0, 0.1) is 0 Å². The molecular weight excluding hydrogens is 540 g/mol. The van der Waals surface area contributed by atoms with Gasteiger partial charge in [-0.2, -0.15) is 0 Å². The van der Waals surface area contributed by atoms with Crippen molar-refractivity contribution < 1.29 is 0 Å². The Kier molecular flexibility index (Phi) is 6.54. The number of halogens is 1. The molecule has 2 heterocycles. The van der Waals surface area contributed by atoms with Gasteiger partial charge in [-0.1, -0.05) is 109 Å². The highest BCUT2D eigenvalue weighted by atomic mass is 35.5. The van der Waals surface area contributed by atoms with Crippen molar-refractivity contribution in [3.05, 3.63) is 188 Å². The van der Waals surface area contributed by atoms with Crippen molar-refractivity contribution in [2.24, 2.45) is 0 Å². The molecule has 4 aliphatic rings. The van der Waals surface area contributed by atoms with E-state index in [2.05, 4.69) is 0 Å². The lowest BCUT2D eigenvalue weighted by molar-refractivity contribution is 0.921. The lowest BCUT2D eigenvalue weighted by Gasteiger charge is -2.17. The van der Waals surface area contributed by atoms with Crippen LogP contribution >= 0.6 is 11.6 Å². The molecule has 0 bridgehead atoms. The number of aromatic nitrogens is 2. The molecule has 42 heavy (non-hydrogen) atoms. The first-order chi connectivity index (χ1) is 20.6. The largest absolute Gasteiger partial charge is 0.277 e. The van der Waals surface area contributed by atoms with Crippen LogP contribution in [0.15, 0.2) is 155 Å². The quantitative estimate of drug-likeness (QED) is 0.212. The Hall–Kier alpha value is -5.19. The van der Waals surface area contributed by atoms with Crippen molar-refractivity contribution in [1.29, 1.82) is 0 Å². The molecule has 2 aliphatic heterocycles. The van der Waals surface area contributed by atoms with Crippen LogP contribution in [0.4, 0.5) is 0 Å². The molecule has 202 valence electrons. The fourth-order valence-corrected chi connectivity index (χ4v) is 6.09. The molecule has 0 spiro atoms. The average Bonchev–Trinajstić information content (AvgIpc) is 3.20. The summed E-state index contributed by atoms with van der Waals surface area (Å²) in [5.41, 5.74) is 6.22. The maximum absolute atomic E-state index is 14.7.